The highest BCUT2D eigenvalue weighted by Gasteiger charge is 2.19. The monoisotopic (exact) mass is 757 g/mol. The van der Waals surface area contributed by atoms with Gasteiger partial charge in [0.1, 0.15) is 0 Å². The molecule has 0 amide bonds. The minimum atomic E-state index is 0.590. The van der Waals surface area contributed by atoms with E-state index in [9.17, 15) is 0 Å². The number of para-hydroxylation sites is 3. The zero-order valence-electron chi connectivity index (χ0n) is 31.0. The summed E-state index contributed by atoms with van der Waals surface area (Å²) in [5.41, 5.74) is 9.43. The van der Waals surface area contributed by atoms with Crippen LogP contribution in [0, 0.1) is 0 Å². The van der Waals surface area contributed by atoms with Crippen LogP contribution < -0.4 is 0 Å². The summed E-state index contributed by atoms with van der Waals surface area (Å²) in [5, 5.41) is 8.47. The molecule has 0 aliphatic rings. The summed E-state index contributed by atoms with van der Waals surface area (Å²) >= 11 is 1.86. The van der Waals surface area contributed by atoms with Gasteiger partial charge in [-0.25, -0.2) is 9.97 Å². The van der Waals surface area contributed by atoms with Crippen LogP contribution in [-0.4, -0.2) is 24.5 Å². The lowest BCUT2D eigenvalue weighted by Crippen LogP contribution is -2.06. The van der Waals surface area contributed by atoms with Crippen molar-refractivity contribution in [3.8, 4) is 51.1 Å². The van der Waals surface area contributed by atoms with Crippen molar-refractivity contribution in [1.29, 1.82) is 0 Å². The van der Waals surface area contributed by atoms with Crippen molar-refractivity contribution in [2.45, 2.75) is 0 Å². The van der Waals surface area contributed by atoms with Gasteiger partial charge in [-0.15, -0.1) is 11.3 Å². The number of hydrogen-bond acceptors (Lipinski definition) is 5. The van der Waals surface area contributed by atoms with E-state index in [1.54, 1.807) is 0 Å². The van der Waals surface area contributed by atoms with Crippen LogP contribution in [0.1, 0.15) is 0 Å². The molecule has 4 aromatic heterocycles. The zero-order valence-corrected chi connectivity index (χ0v) is 31.9. The van der Waals surface area contributed by atoms with E-state index in [-0.39, 0.29) is 0 Å². The number of aromatic nitrogens is 5. The van der Waals surface area contributed by atoms with Crippen LogP contribution in [0.2, 0.25) is 0 Å². The minimum Gasteiger partial charge on any atom is -0.278 e. The molecule has 0 atom stereocenters. The number of rotatable bonds is 5. The van der Waals surface area contributed by atoms with Crippen molar-refractivity contribution in [3.63, 3.8) is 0 Å². The summed E-state index contributed by atoms with van der Waals surface area (Å²) in [5.74, 6) is 1.85. The van der Waals surface area contributed by atoms with Crippen molar-refractivity contribution < 1.29 is 0 Å². The van der Waals surface area contributed by atoms with Crippen LogP contribution in [0.5, 0.6) is 0 Å². The Bertz CT molecular complexity index is 3500. The second-order valence-electron chi connectivity index (χ2n) is 14.6. The molecule has 0 saturated heterocycles. The summed E-state index contributed by atoms with van der Waals surface area (Å²) in [6, 6.07) is 66.1. The molecular formula is C52H31N5S. The predicted octanol–water partition coefficient (Wildman–Crippen LogP) is 13.7. The fourth-order valence-corrected chi connectivity index (χ4v) is 9.77. The average molecular weight is 758 g/mol. The Labute approximate surface area is 337 Å². The maximum absolute atomic E-state index is 5.17. The van der Waals surface area contributed by atoms with Crippen LogP contribution in [0.15, 0.2) is 188 Å². The number of thiophene rings is 1. The molecule has 0 fully saturated rings. The molecule has 8 aromatic carbocycles. The normalized spacial score (nSPS) is 11.8. The van der Waals surface area contributed by atoms with E-state index in [4.69, 9.17) is 19.9 Å². The Morgan fingerprint density at radius 3 is 1.62 bits per heavy atom. The van der Waals surface area contributed by atoms with Gasteiger partial charge in [-0.2, -0.15) is 9.97 Å². The summed E-state index contributed by atoms with van der Waals surface area (Å²) in [6.45, 7) is 0. The van der Waals surface area contributed by atoms with Crippen molar-refractivity contribution in [2.24, 2.45) is 0 Å². The van der Waals surface area contributed by atoms with Crippen molar-refractivity contribution in [1.82, 2.24) is 24.5 Å². The number of fused-ring (bicyclic) bond motifs is 10. The van der Waals surface area contributed by atoms with Gasteiger partial charge < -0.3 is 0 Å². The molecule has 0 unspecified atom stereocenters. The molecule has 270 valence electrons. The molecule has 0 N–H and O–H groups in total. The fraction of sp³-hybridized carbons (Fsp3) is 0. The van der Waals surface area contributed by atoms with Gasteiger partial charge in [-0.3, -0.25) is 4.57 Å². The van der Waals surface area contributed by atoms with Crippen LogP contribution in [-0.2, 0) is 0 Å². The van der Waals surface area contributed by atoms with Crippen molar-refractivity contribution in [2.75, 3.05) is 0 Å². The Morgan fingerprint density at radius 1 is 0.362 bits per heavy atom. The highest BCUT2D eigenvalue weighted by atomic mass is 32.1. The summed E-state index contributed by atoms with van der Waals surface area (Å²) in [4.78, 5) is 20.4. The van der Waals surface area contributed by atoms with E-state index in [1.165, 1.54) is 36.3 Å². The van der Waals surface area contributed by atoms with Gasteiger partial charge in [0.25, 0.3) is 0 Å². The lowest BCUT2D eigenvalue weighted by Gasteiger charge is -2.11. The summed E-state index contributed by atoms with van der Waals surface area (Å²) < 4.78 is 4.71. The quantitative estimate of drug-likeness (QED) is 0.164. The SMILES string of the molecule is c1ccc(-c2nc(-c3ccc(-c4ccc5sc6c(ccc7c(-c8ccccc8)nc8ccccc8c76)c5c4)cc3)nc(-n3c4ccccc4c4ccccc43)n2)cc1. The second-order valence-corrected chi connectivity index (χ2v) is 15.7. The Balaban J connectivity index is 0.981. The molecule has 0 spiro atoms. The number of hydrogen-bond donors (Lipinski definition) is 0. The van der Waals surface area contributed by atoms with E-state index in [0.717, 1.165) is 60.8 Å². The maximum Gasteiger partial charge on any atom is 0.238 e. The van der Waals surface area contributed by atoms with E-state index in [2.05, 4.69) is 162 Å². The molecule has 0 saturated carbocycles. The van der Waals surface area contributed by atoms with Gasteiger partial charge in [0, 0.05) is 63.8 Å². The Hall–Kier alpha value is -7.54. The van der Waals surface area contributed by atoms with E-state index >= 15 is 0 Å². The van der Waals surface area contributed by atoms with Gasteiger partial charge in [-0.1, -0.05) is 158 Å². The average Bonchev–Trinajstić information content (AvgIpc) is 3.85. The third-order valence-electron chi connectivity index (χ3n) is 11.3. The first kappa shape index (κ1) is 32.7. The molecule has 5 nitrogen and oxygen atoms in total. The first-order valence-electron chi connectivity index (χ1n) is 19.4. The first-order chi connectivity index (χ1) is 28.7. The van der Waals surface area contributed by atoms with Gasteiger partial charge in [-0.05, 0) is 41.5 Å². The van der Waals surface area contributed by atoms with Crippen LogP contribution in [0.3, 0.4) is 0 Å². The van der Waals surface area contributed by atoms with Crippen molar-refractivity contribution in [3.05, 3.63) is 188 Å². The molecule has 4 heterocycles. The van der Waals surface area contributed by atoms with Gasteiger partial charge in [0.05, 0.1) is 22.2 Å². The highest BCUT2D eigenvalue weighted by molar-refractivity contribution is 7.26. The van der Waals surface area contributed by atoms with E-state index < -0.39 is 0 Å². The molecule has 12 aromatic rings. The predicted molar refractivity (Wildman–Crippen MR) is 242 cm³/mol. The third kappa shape index (κ3) is 5.16. The first-order valence-corrected chi connectivity index (χ1v) is 20.2. The fourth-order valence-electron chi connectivity index (χ4n) is 8.52. The minimum absolute atomic E-state index is 0.590. The molecule has 0 aliphatic heterocycles. The lowest BCUT2D eigenvalue weighted by molar-refractivity contribution is 0.953. The van der Waals surface area contributed by atoms with E-state index in [1.807, 2.05) is 41.7 Å². The molecule has 6 heteroatoms. The molecule has 0 bridgehead atoms. The lowest BCUT2D eigenvalue weighted by atomic mass is 9.97. The maximum atomic E-state index is 5.17. The van der Waals surface area contributed by atoms with Gasteiger partial charge in [0.15, 0.2) is 11.6 Å². The number of nitrogens with zero attached hydrogens (tertiary/aromatic N) is 5. The third-order valence-corrected chi connectivity index (χ3v) is 12.5. The van der Waals surface area contributed by atoms with Crippen LogP contribution in [0.25, 0.3) is 115 Å². The smallest absolute Gasteiger partial charge is 0.238 e. The van der Waals surface area contributed by atoms with Crippen molar-refractivity contribution >= 4 is 75.0 Å². The topological polar surface area (TPSA) is 56.5 Å². The molecule has 58 heavy (non-hydrogen) atoms. The summed E-state index contributed by atoms with van der Waals surface area (Å²) in [6.07, 6.45) is 0. The zero-order chi connectivity index (χ0) is 38.2. The van der Waals surface area contributed by atoms with Gasteiger partial charge in [0.2, 0.25) is 5.95 Å². The van der Waals surface area contributed by atoms with Gasteiger partial charge >= 0.3 is 0 Å². The summed E-state index contributed by atoms with van der Waals surface area (Å²) in [7, 11) is 0. The Morgan fingerprint density at radius 2 is 0.914 bits per heavy atom. The standard InChI is InChI=1S/C52H31N5S/c1-3-13-33(14-4-1)48-41-29-28-39-42-31-36(27-30-46(42)58-49(39)47(41)40-19-7-10-20-43(40)53-48)32-23-25-35(26-24-32)51-54-50(34-15-5-2-6-16-34)55-52(56-51)57-44-21-11-8-17-37(44)38-18-9-12-22-45(38)57/h1-31H. The van der Waals surface area contributed by atoms with Crippen LogP contribution in [0.4, 0.5) is 0 Å². The molecule has 0 aliphatic carbocycles. The van der Waals surface area contributed by atoms with Crippen LogP contribution >= 0.6 is 11.3 Å². The largest absolute Gasteiger partial charge is 0.278 e. The number of benzene rings is 8. The molecular weight excluding hydrogens is 727 g/mol. The molecule has 0 radical (unpaired) electrons. The second kappa shape index (κ2) is 13.0. The molecule has 12 rings (SSSR count). The Kier molecular flexibility index (Phi) is 7.33. The van der Waals surface area contributed by atoms with E-state index in [0.29, 0.717) is 17.6 Å². The number of pyridine rings is 1. The highest BCUT2D eigenvalue weighted by Crippen LogP contribution is 2.44.